The molecule has 0 aromatic heterocycles. The number of anilines is 1. The molecular formula is C17H19NOS. The maximum absolute atomic E-state index is 12.2. The fraction of sp³-hybridized carbons (Fsp3) is 0.235. The lowest BCUT2D eigenvalue weighted by molar-refractivity contribution is -0.115. The van der Waals surface area contributed by atoms with Gasteiger partial charge in [0.2, 0.25) is 5.91 Å². The number of nitrogens with one attached hydrogen (secondary N) is 1. The Bertz CT molecular complexity index is 595. The van der Waals surface area contributed by atoms with E-state index in [0.29, 0.717) is 6.42 Å². The van der Waals surface area contributed by atoms with Crippen LogP contribution in [0.2, 0.25) is 0 Å². The fourth-order valence-corrected chi connectivity index (χ4v) is 2.29. The van der Waals surface area contributed by atoms with Crippen LogP contribution in [0.3, 0.4) is 0 Å². The van der Waals surface area contributed by atoms with Crippen molar-refractivity contribution in [2.24, 2.45) is 0 Å². The van der Waals surface area contributed by atoms with Crippen LogP contribution >= 0.6 is 12.6 Å². The third-order valence-corrected chi connectivity index (χ3v) is 3.64. The average molecular weight is 285 g/mol. The molecule has 0 aliphatic rings. The van der Waals surface area contributed by atoms with Crippen LogP contribution in [0.5, 0.6) is 0 Å². The summed E-state index contributed by atoms with van der Waals surface area (Å²) in [6, 6.07) is 16.0. The number of benzene rings is 2. The van der Waals surface area contributed by atoms with Crippen LogP contribution in [0.25, 0.3) is 0 Å². The van der Waals surface area contributed by atoms with E-state index in [9.17, 15) is 4.79 Å². The zero-order valence-electron chi connectivity index (χ0n) is 11.8. The molecule has 104 valence electrons. The van der Waals surface area contributed by atoms with E-state index in [2.05, 4.69) is 17.9 Å². The molecule has 20 heavy (non-hydrogen) atoms. The Kier molecular flexibility index (Phi) is 4.85. The highest BCUT2D eigenvalue weighted by molar-refractivity contribution is 7.81. The molecule has 0 saturated carbocycles. The van der Waals surface area contributed by atoms with Gasteiger partial charge in [-0.3, -0.25) is 4.79 Å². The highest BCUT2D eigenvalue weighted by Crippen LogP contribution is 2.18. The number of amides is 1. The smallest absolute Gasteiger partial charge is 0.237 e. The Balaban J connectivity index is 2.02. The monoisotopic (exact) mass is 285 g/mol. The van der Waals surface area contributed by atoms with Crippen LogP contribution in [0, 0.1) is 13.8 Å². The van der Waals surface area contributed by atoms with Gasteiger partial charge in [-0.2, -0.15) is 12.6 Å². The second kappa shape index (κ2) is 6.62. The highest BCUT2D eigenvalue weighted by Gasteiger charge is 2.15. The zero-order chi connectivity index (χ0) is 14.5. The summed E-state index contributed by atoms with van der Waals surface area (Å²) in [5.74, 6) is -0.0640. The SMILES string of the molecule is Cc1ccc(C)c(NC(=O)C(S)Cc2ccccc2)c1. The summed E-state index contributed by atoms with van der Waals surface area (Å²) in [7, 11) is 0. The van der Waals surface area contributed by atoms with Crippen molar-refractivity contribution in [1.82, 2.24) is 0 Å². The third kappa shape index (κ3) is 3.87. The van der Waals surface area contributed by atoms with Crippen molar-refractivity contribution in [2.45, 2.75) is 25.5 Å². The van der Waals surface area contributed by atoms with Gasteiger partial charge in [0.25, 0.3) is 0 Å². The molecular weight excluding hydrogens is 266 g/mol. The molecule has 0 aliphatic carbocycles. The Morgan fingerprint density at radius 3 is 2.55 bits per heavy atom. The Morgan fingerprint density at radius 2 is 1.85 bits per heavy atom. The summed E-state index contributed by atoms with van der Waals surface area (Å²) < 4.78 is 0. The van der Waals surface area contributed by atoms with Crippen molar-refractivity contribution < 1.29 is 4.79 Å². The molecule has 2 aromatic carbocycles. The van der Waals surface area contributed by atoms with E-state index >= 15 is 0 Å². The predicted molar refractivity (Wildman–Crippen MR) is 87.5 cm³/mol. The van der Waals surface area contributed by atoms with Gasteiger partial charge in [0.05, 0.1) is 5.25 Å². The van der Waals surface area contributed by atoms with E-state index in [0.717, 1.165) is 22.4 Å². The van der Waals surface area contributed by atoms with Gasteiger partial charge >= 0.3 is 0 Å². The molecule has 1 atom stereocenters. The summed E-state index contributed by atoms with van der Waals surface area (Å²) in [5.41, 5.74) is 4.17. The molecule has 0 spiro atoms. The molecule has 0 heterocycles. The molecule has 0 aliphatic heterocycles. The first-order valence-corrected chi connectivity index (χ1v) is 7.18. The van der Waals surface area contributed by atoms with Crippen molar-refractivity contribution in [2.75, 3.05) is 5.32 Å². The van der Waals surface area contributed by atoms with Crippen molar-refractivity contribution in [3.05, 3.63) is 65.2 Å². The molecule has 1 N–H and O–H groups in total. The van der Waals surface area contributed by atoms with Gasteiger partial charge in [-0.25, -0.2) is 0 Å². The van der Waals surface area contributed by atoms with Gasteiger partial charge in [0, 0.05) is 5.69 Å². The Morgan fingerprint density at radius 1 is 1.15 bits per heavy atom. The lowest BCUT2D eigenvalue weighted by atomic mass is 10.1. The minimum atomic E-state index is -0.350. The topological polar surface area (TPSA) is 29.1 Å². The first-order chi connectivity index (χ1) is 9.56. The summed E-state index contributed by atoms with van der Waals surface area (Å²) in [4.78, 5) is 12.2. The van der Waals surface area contributed by atoms with E-state index < -0.39 is 0 Å². The molecule has 2 aromatic rings. The molecule has 1 amide bonds. The maximum Gasteiger partial charge on any atom is 0.237 e. The maximum atomic E-state index is 12.2. The second-order valence-corrected chi connectivity index (χ2v) is 5.64. The number of hydrogen-bond donors (Lipinski definition) is 2. The first kappa shape index (κ1) is 14.7. The molecule has 0 bridgehead atoms. The molecule has 3 heteroatoms. The number of carbonyl (C=O) groups is 1. The van der Waals surface area contributed by atoms with E-state index in [1.54, 1.807) is 0 Å². The number of rotatable bonds is 4. The van der Waals surface area contributed by atoms with Crippen LogP contribution in [0.15, 0.2) is 48.5 Å². The van der Waals surface area contributed by atoms with Crippen LogP contribution in [-0.4, -0.2) is 11.2 Å². The number of thiol groups is 1. The summed E-state index contributed by atoms with van der Waals surface area (Å²) in [6.07, 6.45) is 0.626. The minimum absolute atomic E-state index is 0.0640. The van der Waals surface area contributed by atoms with Gasteiger partial charge in [-0.1, -0.05) is 42.5 Å². The van der Waals surface area contributed by atoms with Crippen molar-refractivity contribution in [3.8, 4) is 0 Å². The van der Waals surface area contributed by atoms with E-state index in [-0.39, 0.29) is 11.2 Å². The van der Waals surface area contributed by atoms with Crippen LogP contribution < -0.4 is 5.32 Å². The van der Waals surface area contributed by atoms with E-state index in [1.165, 1.54) is 0 Å². The Labute approximate surface area is 125 Å². The summed E-state index contributed by atoms with van der Waals surface area (Å²) in [5, 5.41) is 2.61. The van der Waals surface area contributed by atoms with Crippen molar-refractivity contribution in [3.63, 3.8) is 0 Å². The van der Waals surface area contributed by atoms with Gasteiger partial charge in [0.1, 0.15) is 0 Å². The average Bonchev–Trinajstić information content (AvgIpc) is 2.44. The van der Waals surface area contributed by atoms with Crippen LogP contribution in [-0.2, 0) is 11.2 Å². The first-order valence-electron chi connectivity index (χ1n) is 6.66. The minimum Gasteiger partial charge on any atom is -0.325 e. The van der Waals surface area contributed by atoms with Crippen LogP contribution in [0.1, 0.15) is 16.7 Å². The highest BCUT2D eigenvalue weighted by atomic mass is 32.1. The second-order valence-electron chi connectivity index (χ2n) is 5.01. The van der Waals surface area contributed by atoms with E-state index in [1.807, 2.05) is 62.4 Å². The number of aryl methyl sites for hydroxylation is 2. The number of carbonyl (C=O) groups excluding carboxylic acids is 1. The van der Waals surface area contributed by atoms with Crippen LogP contribution in [0.4, 0.5) is 5.69 Å². The van der Waals surface area contributed by atoms with E-state index in [4.69, 9.17) is 0 Å². The lowest BCUT2D eigenvalue weighted by Crippen LogP contribution is -2.25. The quantitative estimate of drug-likeness (QED) is 0.822. The molecule has 2 nitrogen and oxygen atoms in total. The third-order valence-electron chi connectivity index (χ3n) is 3.23. The molecule has 0 saturated heterocycles. The van der Waals surface area contributed by atoms with Crippen molar-refractivity contribution in [1.29, 1.82) is 0 Å². The molecule has 1 unspecified atom stereocenters. The van der Waals surface area contributed by atoms with Gasteiger partial charge in [-0.05, 0) is 43.0 Å². The summed E-state index contributed by atoms with van der Waals surface area (Å²) >= 11 is 4.41. The fourth-order valence-electron chi connectivity index (χ4n) is 2.02. The molecule has 0 radical (unpaired) electrons. The van der Waals surface area contributed by atoms with Gasteiger partial charge < -0.3 is 5.32 Å². The summed E-state index contributed by atoms with van der Waals surface area (Å²) in [6.45, 7) is 4.00. The predicted octanol–water partition coefficient (Wildman–Crippen LogP) is 3.78. The zero-order valence-corrected chi connectivity index (χ0v) is 12.7. The number of hydrogen-bond acceptors (Lipinski definition) is 2. The standard InChI is InChI=1S/C17H19NOS/c1-12-8-9-13(2)15(10-12)18-17(19)16(20)11-14-6-4-3-5-7-14/h3-10,16,20H,11H2,1-2H3,(H,18,19). The lowest BCUT2D eigenvalue weighted by Gasteiger charge is -2.14. The normalized spacial score (nSPS) is 11.9. The molecule has 2 rings (SSSR count). The van der Waals surface area contributed by atoms with Crippen molar-refractivity contribution >= 4 is 24.2 Å². The molecule has 0 fully saturated rings. The van der Waals surface area contributed by atoms with Gasteiger partial charge in [-0.15, -0.1) is 0 Å². The largest absolute Gasteiger partial charge is 0.325 e. The Hall–Kier alpha value is -1.74. The van der Waals surface area contributed by atoms with Gasteiger partial charge in [0.15, 0.2) is 0 Å².